The van der Waals surface area contributed by atoms with E-state index in [2.05, 4.69) is 4.98 Å². The molecular formula is C17H20N2O5S. The minimum atomic E-state index is -3.12. The fourth-order valence-corrected chi connectivity index (χ4v) is 4.96. The van der Waals surface area contributed by atoms with E-state index in [-0.39, 0.29) is 23.1 Å². The number of fused-ring (bicyclic) bond motifs is 1. The zero-order valence-corrected chi connectivity index (χ0v) is 14.9. The van der Waals surface area contributed by atoms with Crippen LogP contribution in [0.1, 0.15) is 23.7 Å². The van der Waals surface area contributed by atoms with Gasteiger partial charge in [-0.3, -0.25) is 9.59 Å². The van der Waals surface area contributed by atoms with Gasteiger partial charge in [-0.05, 0) is 31.5 Å². The molecule has 1 aliphatic rings. The summed E-state index contributed by atoms with van der Waals surface area (Å²) < 4.78 is 28.6. The molecular weight excluding hydrogens is 344 g/mol. The van der Waals surface area contributed by atoms with Crippen molar-refractivity contribution in [3.8, 4) is 5.75 Å². The second-order valence-corrected chi connectivity index (χ2v) is 8.32. The molecule has 0 unspecified atom stereocenters. The van der Waals surface area contributed by atoms with Crippen LogP contribution in [0.15, 0.2) is 29.2 Å². The number of aromatic nitrogens is 1. The summed E-state index contributed by atoms with van der Waals surface area (Å²) in [6, 6.07) is 4.64. The van der Waals surface area contributed by atoms with Crippen molar-refractivity contribution >= 4 is 26.6 Å². The van der Waals surface area contributed by atoms with Crippen LogP contribution >= 0.6 is 0 Å². The quantitative estimate of drug-likeness (QED) is 0.879. The predicted octanol–water partition coefficient (Wildman–Crippen LogP) is 1.19. The lowest BCUT2D eigenvalue weighted by atomic mass is 10.1. The highest BCUT2D eigenvalue weighted by molar-refractivity contribution is 7.91. The molecule has 7 nitrogen and oxygen atoms in total. The average molecular weight is 364 g/mol. The van der Waals surface area contributed by atoms with Crippen molar-refractivity contribution in [3.63, 3.8) is 0 Å². The Kier molecular flexibility index (Phi) is 4.55. The van der Waals surface area contributed by atoms with Crippen LogP contribution in [0.5, 0.6) is 5.75 Å². The molecule has 1 aromatic heterocycles. The summed E-state index contributed by atoms with van der Waals surface area (Å²) in [6.45, 7) is 2.12. The number of carbonyl (C=O) groups is 1. The maximum absolute atomic E-state index is 12.9. The summed E-state index contributed by atoms with van der Waals surface area (Å²) in [5.74, 6) is 0.103. The zero-order valence-electron chi connectivity index (χ0n) is 14.1. The second-order valence-electron chi connectivity index (χ2n) is 6.09. The van der Waals surface area contributed by atoms with Crippen molar-refractivity contribution in [1.29, 1.82) is 0 Å². The van der Waals surface area contributed by atoms with Gasteiger partial charge in [0, 0.05) is 29.7 Å². The minimum absolute atomic E-state index is 0.00639. The van der Waals surface area contributed by atoms with Crippen LogP contribution in [0, 0.1) is 0 Å². The molecule has 2 aromatic rings. The van der Waals surface area contributed by atoms with Gasteiger partial charge in [-0.2, -0.15) is 0 Å². The summed E-state index contributed by atoms with van der Waals surface area (Å²) in [7, 11) is -1.61. The SMILES string of the molecule is CCN(C(=O)c1c[nH]c2ccc(OC)cc2c1=O)[C@@H]1CCS(=O)(=O)C1. The van der Waals surface area contributed by atoms with E-state index in [0.717, 1.165) is 0 Å². The van der Waals surface area contributed by atoms with Crippen molar-refractivity contribution < 1.29 is 17.9 Å². The number of benzene rings is 1. The van der Waals surface area contributed by atoms with E-state index in [4.69, 9.17) is 4.74 Å². The lowest BCUT2D eigenvalue weighted by molar-refractivity contribution is 0.0707. The van der Waals surface area contributed by atoms with Crippen molar-refractivity contribution in [2.75, 3.05) is 25.2 Å². The smallest absolute Gasteiger partial charge is 0.259 e. The number of aromatic amines is 1. The third-order valence-electron chi connectivity index (χ3n) is 4.57. The molecule has 1 amide bonds. The van der Waals surface area contributed by atoms with Crippen LogP contribution in [0.2, 0.25) is 0 Å². The van der Waals surface area contributed by atoms with E-state index in [0.29, 0.717) is 29.6 Å². The highest BCUT2D eigenvalue weighted by Gasteiger charge is 2.35. The van der Waals surface area contributed by atoms with Gasteiger partial charge in [-0.1, -0.05) is 0 Å². The largest absolute Gasteiger partial charge is 0.497 e. The number of hydrogen-bond acceptors (Lipinski definition) is 5. The van der Waals surface area contributed by atoms with Crippen molar-refractivity contribution in [2.45, 2.75) is 19.4 Å². The topological polar surface area (TPSA) is 96.5 Å². The molecule has 1 aromatic carbocycles. The maximum atomic E-state index is 12.9. The van der Waals surface area contributed by atoms with Crippen LogP contribution < -0.4 is 10.2 Å². The summed E-state index contributed by atoms with van der Waals surface area (Å²) in [4.78, 5) is 30.1. The predicted molar refractivity (Wildman–Crippen MR) is 94.9 cm³/mol. The number of hydrogen-bond donors (Lipinski definition) is 1. The van der Waals surface area contributed by atoms with Gasteiger partial charge >= 0.3 is 0 Å². The lowest BCUT2D eigenvalue weighted by Crippen LogP contribution is -2.42. The normalized spacial score (nSPS) is 19.0. The number of carbonyl (C=O) groups excluding carboxylic acids is 1. The zero-order chi connectivity index (χ0) is 18.2. The first-order valence-corrected chi connectivity index (χ1v) is 9.89. The summed E-state index contributed by atoms with van der Waals surface area (Å²) in [5, 5.41) is 0.361. The van der Waals surface area contributed by atoms with Gasteiger partial charge in [-0.15, -0.1) is 0 Å². The first-order valence-electron chi connectivity index (χ1n) is 8.07. The van der Waals surface area contributed by atoms with Crippen LogP contribution in [0.4, 0.5) is 0 Å². The molecule has 134 valence electrons. The Hall–Kier alpha value is -2.35. The molecule has 8 heteroatoms. The van der Waals surface area contributed by atoms with Crippen molar-refractivity contribution in [2.24, 2.45) is 0 Å². The van der Waals surface area contributed by atoms with Crippen LogP contribution in [0.25, 0.3) is 10.9 Å². The number of sulfone groups is 1. The van der Waals surface area contributed by atoms with Crippen LogP contribution in [-0.4, -0.2) is 55.4 Å². The molecule has 0 bridgehead atoms. The number of pyridine rings is 1. The Balaban J connectivity index is 2.01. The summed E-state index contributed by atoms with van der Waals surface area (Å²) in [6.07, 6.45) is 1.80. The molecule has 3 rings (SSSR count). The first-order chi connectivity index (χ1) is 11.9. The van der Waals surface area contributed by atoms with E-state index in [1.807, 2.05) is 0 Å². The molecule has 0 spiro atoms. The number of H-pyrrole nitrogens is 1. The van der Waals surface area contributed by atoms with E-state index >= 15 is 0 Å². The molecule has 2 heterocycles. The Morgan fingerprint density at radius 2 is 2.16 bits per heavy atom. The van der Waals surface area contributed by atoms with Gasteiger partial charge in [0.2, 0.25) is 5.43 Å². The van der Waals surface area contributed by atoms with Crippen molar-refractivity contribution in [1.82, 2.24) is 9.88 Å². The molecule has 0 radical (unpaired) electrons. The van der Waals surface area contributed by atoms with Crippen molar-refractivity contribution in [3.05, 3.63) is 40.2 Å². The number of ether oxygens (including phenoxy) is 1. The Morgan fingerprint density at radius 3 is 2.76 bits per heavy atom. The second kappa shape index (κ2) is 6.51. The number of nitrogens with zero attached hydrogens (tertiary/aromatic N) is 1. The van der Waals surface area contributed by atoms with Crippen LogP contribution in [0.3, 0.4) is 0 Å². The molecule has 0 saturated carbocycles. The van der Waals surface area contributed by atoms with Gasteiger partial charge in [0.15, 0.2) is 9.84 Å². The third-order valence-corrected chi connectivity index (χ3v) is 6.32. The summed E-state index contributed by atoms with van der Waals surface area (Å²) >= 11 is 0. The highest BCUT2D eigenvalue weighted by atomic mass is 32.2. The standard InChI is InChI=1S/C17H20N2O5S/c1-3-19(11-6-7-25(22,23)10-11)17(21)14-9-18-15-5-4-12(24-2)8-13(15)16(14)20/h4-5,8-9,11H,3,6-7,10H2,1-2H3,(H,18,20)/t11-/m1/s1. The Labute approximate surface area is 145 Å². The Morgan fingerprint density at radius 1 is 1.40 bits per heavy atom. The first kappa shape index (κ1) is 17.5. The molecule has 0 aliphatic carbocycles. The molecule has 1 fully saturated rings. The van der Waals surface area contributed by atoms with E-state index in [9.17, 15) is 18.0 Å². The van der Waals surface area contributed by atoms with Gasteiger partial charge in [-0.25, -0.2) is 8.42 Å². The lowest BCUT2D eigenvalue weighted by Gasteiger charge is -2.26. The molecule has 1 atom stereocenters. The number of amides is 1. The average Bonchev–Trinajstić information content (AvgIpc) is 2.95. The van der Waals surface area contributed by atoms with Gasteiger partial charge < -0.3 is 14.6 Å². The molecule has 1 N–H and O–H groups in total. The third kappa shape index (κ3) is 3.26. The fourth-order valence-electron chi connectivity index (χ4n) is 3.23. The monoisotopic (exact) mass is 364 g/mol. The molecule has 1 saturated heterocycles. The van der Waals surface area contributed by atoms with E-state index < -0.39 is 21.2 Å². The highest BCUT2D eigenvalue weighted by Crippen LogP contribution is 2.21. The molecule has 25 heavy (non-hydrogen) atoms. The number of nitrogens with one attached hydrogen (secondary N) is 1. The van der Waals surface area contributed by atoms with E-state index in [1.165, 1.54) is 18.2 Å². The Bertz CT molecular complexity index is 980. The minimum Gasteiger partial charge on any atom is -0.497 e. The number of methoxy groups -OCH3 is 1. The number of rotatable bonds is 4. The van der Waals surface area contributed by atoms with E-state index in [1.54, 1.807) is 25.1 Å². The fraction of sp³-hybridized carbons (Fsp3) is 0.412. The summed E-state index contributed by atoms with van der Waals surface area (Å²) in [5.41, 5.74) is 0.220. The van der Waals surface area contributed by atoms with Gasteiger partial charge in [0.25, 0.3) is 5.91 Å². The van der Waals surface area contributed by atoms with Crippen LogP contribution in [-0.2, 0) is 9.84 Å². The molecule has 1 aliphatic heterocycles. The van der Waals surface area contributed by atoms with Gasteiger partial charge in [0.1, 0.15) is 11.3 Å². The maximum Gasteiger partial charge on any atom is 0.259 e. The van der Waals surface area contributed by atoms with Gasteiger partial charge in [0.05, 0.1) is 18.6 Å².